The number of hydrogen-bond acceptors (Lipinski definition) is 3. The lowest BCUT2D eigenvalue weighted by Gasteiger charge is -2.05. The summed E-state index contributed by atoms with van der Waals surface area (Å²) in [6, 6.07) is 17.2. The molecule has 0 spiro atoms. The summed E-state index contributed by atoms with van der Waals surface area (Å²) >= 11 is 0. The summed E-state index contributed by atoms with van der Waals surface area (Å²) in [6.07, 6.45) is 6.48. The molecule has 0 fully saturated rings. The van der Waals surface area contributed by atoms with Gasteiger partial charge in [-0.2, -0.15) is 0 Å². The predicted molar refractivity (Wildman–Crippen MR) is 99.5 cm³/mol. The number of rotatable bonds is 7. The molecule has 0 saturated carbocycles. The molecule has 2 aromatic carbocycles. The van der Waals surface area contributed by atoms with E-state index in [1.165, 1.54) is 11.6 Å². The topological polar surface area (TPSA) is 65.0 Å². The molecule has 0 unspecified atom stereocenters. The monoisotopic (exact) mass is 321 g/mol. The summed E-state index contributed by atoms with van der Waals surface area (Å²) in [5, 5.41) is 13.4. The Bertz CT molecular complexity index is 691. The zero-order valence-electron chi connectivity index (χ0n) is 13.9. The molecule has 0 saturated heterocycles. The fourth-order valence-corrected chi connectivity index (χ4v) is 2.20. The van der Waals surface area contributed by atoms with Crippen LogP contribution in [0.15, 0.2) is 66.9 Å². The molecule has 2 aromatic rings. The molecule has 124 valence electrons. The summed E-state index contributed by atoms with van der Waals surface area (Å²) in [6.45, 7) is 2.16. The van der Waals surface area contributed by atoms with Crippen LogP contribution in [0.5, 0.6) is 0 Å². The molecule has 1 amide bonds. The number of amidine groups is 1. The Balaban J connectivity index is 1.83. The molecule has 3 N–H and O–H groups in total. The average Bonchev–Trinajstić information content (AvgIpc) is 2.61. The highest BCUT2D eigenvalue weighted by atomic mass is 16.1. The quantitative estimate of drug-likeness (QED) is 0.524. The molecule has 0 aliphatic carbocycles. The van der Waals surface area contributed by atoms with Gasteiger partial charge in [0.15, 0.2) is 0 Å². The molecule has 4 heteroatoms. The van der Waals surface area contributed by atoms with E-state index in [4.69, 9.17) is 5.41 Å². The van der Waals surface area contributed by atoms with E-state index in [2.05, 4.69) is 17.6 Å². The van der Waals surface area contributed by atoms with E-state index in [9.17, 15) is 4.79 Å². The normalized spacial score (nSPS) is 10.5. The van der Waals surface area contributed by atoms with Crippen molar-refractivity contribution in [2.45, 2.75) is 26.2 Å². The number of carbonyl (C=O) groups is 1. The Labute approximate surface area is 143 Å². The first-order valence-electron chi connectivity index (χ1n) is 8.16. The maximum Gasteiger partial charge on any atom is 0.256 e. The molecular weight excluding hydrogens is 298 g/mol. The summed E-state index contributed by atoms with van der Waals surface area (Å²) in [4.78, 5) is 12.1. The van der Waals surface area contributed by atoms with Crippen molar-refractivity contribution >= 4 is 17.4 Å². The number of hydrogen-bond donors (Lipinski definition) is 3. The predicted octanol–water partition coefficient (Wildman–Crippen LogP) is 4.36. The molecule has 0 aromatic heterocycles. The first-order valence-corrected chi connectivity index (χ1v) is 8.16. The number of para-hydroxylation sites is 1. The minimum absolute atomic E-state index is 0.0403. The zero-order valence-corrected chi connectivity index (χ0v) is 13.9. The van der Waals surface area contributed by atoms with Crippen molar-refractivity contribution in [2.24, 2.45) is 0 Å². The number of aryl methyl sites for hydroxylation is 1. The van der Waals surface area contributed by atoms with E-state index >= 15 is 0 Å². The molecule has 4 nitrogen and oxygen atoms in total. The van der Waals surface area contributed by atoms with E-state index in [0.29, 0.717) is 5.56 Å². The van der Waals surface area contributed by atoms with Crippen LogP contribution in [0.25, 0.3) is 0 Å². The summed E-state index contributed by atoms with van der Waals surface area (Å²) in [5.41, 5.74) is 2.72. The first-order chi connectivity index (χ1) is 11.7. The molecule has 0 atom stereocenters. The molecular formula is C20H23N3O. The Morgan fingerprint density at radius 3 is 2.46 bits per heavy atom. The molecule has 0 bridgehead atoms. The second-order valence-electron chi connectivity index (χ2n) is 5.51. The minimum Gasteiger partial charge on any atom is -0.362 e. The van der Waals surface area contributed by atoms with Crippen LogP contribution in [0.3, 0.4) is 0 Å². The number of anilines is 1. The zero-order chi connectivity index (χ0) is 17.2. The number of carbonyl (C=O) groups excluding carboxylic acids is 1. The van der Waals surface area contributed by atoms with Gasteiger partial charge in [0.1, 0.15) is 5.84 Å². The van der Waals surface area contributed by atoms with Crippen molar-refractivity contribution in [3.63, 3.8) is 0 Å². The molecule has 24 heavy (non-hydrogen) atoms. The van der Waals surface area contributed by atoms with Gasteiger partial charge >= 0.3 is 0 Å². The van der Waals surface area contributed by atoms with E-state index in [-0.39, 0.29) is 11.7 Å². The molecule has 0 aliphatic heterocycles. The Hall–Kier alpha value is -2.88. The lowest BCUT2D eigenvalue weighted by atomic mass is 10.1. The van der Waals surface area contributed by atoms with Gasteiger partial charge in [-0.1, -0.05) is 43.7 Å². The second-order valence-corrected chi connectivity index (χ2v) is 5.51. The van der Waals surface area contributed by atoms with Crippen LogP contribution in [-0.4, -0.2) is 11.7 Å². The van der Waals surface area contributed by atoms with Gasteiger partial charge in [-0.05, 0) is 48.7 Å². The van der Waals surface area contributed by atoms with Crippen molar-refractivity contribution in [1.82, 2.24) is 5.32 Å². The van der Waals surface area contributed by atoms with Gasteiger partial charge in [0.25, 0.3) is 5.91 Å². The van der Waals surface area contributed by atoms with Crippen LogP contribution >= 0.6 is 0 Å². The third-order valence-corrected chi connectivity index (χ3v) is 3.56. The van der Waals surface area contributed by atoms with Gasteiger partial charge in [-0.3, -0.25) is 10.2 Å². The third-order valence-electron chi connectivity index (χ3n) is 3.56. The van der Waals surface area contributed by atoms with Gasteiger partial charge in [0, 0.05) is 17.5 Å². The van der Waals surface area contributed by atoms with E-state index < -0.39 is 0 Å². The Kier molecular flexibility index (Phi) is 6.77. The smallest absolute Gasteiger partial charge is 0.256 e. The molecule has 2 rings (SSSR count). The second kappa shape index (κ2) is 9.30. The van der Waals surface area contributed by atoms with Crippen molar-refractivity contribution in [3.05, 3.63) is 78.0 Å². The fraction of sp³-hybridized carbons (Fsp3) is 0.200. The van der Waals surface area contributed by atoms with E-state index in [0.717, 1.165) is 24.9 Å². The van der Waals surface area contributed by atoms with Crippen molar-refractivity contribution in [3.8, 4) is 0 Å². The van der Waals surface area contributed by atoms with Crippen LogP contribution in [-0.2, 0) is 6.42 Å². The summed E-state index contributed by atoms with van der Waals surface area (Å²) < 4.78 is 0. The molecule has 0 aliphatic rings. The van der Waals surface area contributed by atoms with Gasteiger partial charge in [-0.25, -0.2) is 0 Å². The summed E-state index contributed by atoms with van der Waals surface area (Å²) in [7, 11) is 0. The third kappa shape index (κ3) is 5.72. The number of benzene rings is 2. The minimum atomic E-state index is -0.272. The van der Waals surface area contributed by atoms with Crippen molar-refractivity contribution in [2.75, 3.05) is 5.32 Å². The Morgan fingerprint density at radius 2 is 1.79 bits per heavy atom. The standard InChI is InChI=1S/C20H23N3O/c1-2-3-7-16-10-12-17(13-11-16)20(24)23-19(21)14-15-22-18-8-5-4-6-9-18/h4-6,8-15,22H,2-3,7H2,1H3,(H2,21,23,24)/b15-14-. The SMILES string of the molecule is CCCCc1ccc(C(=O)NC(=N)/C=C\Nc2ccccc2)cc1. The average molecular weight is 321 g/mol. The summed E-state index contributed by atoms with van der Waals surface area (Å²) in [5.74, 6) is -0.232. The van der Waals surface area contributed by atoms with Crippen LogP contribution in [0.4, 0.5) is 5.69 Å². The maximum absolute atomic E-state index is 12.1. The van der Waals surface area contributed by atoms with Crippen molar-refractivity contribution < 1.29 is 4.79 Å². The highest BCUT2D eigenvalue weighted by molar-refractivity contribution is 6.09. The largest absolute Gasteiger partial charge is 0.362 e. The number of nitrogens with one attached hydrogen (secondary N) is 3. The number of amides is 1. The van der Waals surface area contributed by atoms with Crippen LogP contribution < -0.4 is 10.6 Å². The van der Waals surface area contributed by atoms with Crippen LogP contribution in [0.2, 0.25) is 0 Å². The van der Waals surface area contributed by atoms with Gasteiger partial charge in [-0.15, -0.1) is 0 Å². The van der Waals surface area contributed by atoms with E-state index in [1.807, 2.05) is 42.5 Å². The lowest BCUT2D eigenvalue weighted by molar-refractivity contribution is 0.0977. The fourth-order valence-electron chi connectivity index (χ4n) is 2.20. The molecule has 0 heterocycles. The highest BCUT2D eigenvalue weighted by Crippen LogP contribution is 2.08. The van der Waals surface area contributed by atoms with E-state index in [1.54, 1.807) is 18.3 Å². The Morgan fingerprint density at radius 1 is 1.08 bits per heavy atom. The van der Waals surface area contributed by atoms with Gasteiger partial charge < -0.3 is 10.6 Å². The van der Waals surface area contributed by atoms with Gasteiger partial charge in [0.2, 0.25) is 0 Å². The number of unbranched alkanes of at least 4 members (excludes halogenated alkanes) is 1. The molecule has 0 radical (unpaired) electrons. The lowest BCUT2D eigenvalue weighted by Crippen LogP contribution is -2.28. The first kappa shape index (κ1) is 17.5. The highest BCUT2D eigenvalue weighted by Gasteiger charge is 2.06. The van der Waals surface area contributed by atoms with Crippen molar-refractivity contribution in [1.29, 1.82) is 5.41 Å². The van der Waals surface area contributed by atoms with Crippen LogP contribution in [0.1, 0.15) is 35.7 Å². The van der Waals surface area contributed by atoms with Crippen LogP contribution in [0, 0.1) is 5.41 Å². The maximum atomic E-state index is 12.1. The van der Waals surface area contributed by atoms with Gasteiger partial charge in [0.05, 0.1) is 0 Å².